The number of ether oxygens (including phenoxy) is 1. The standard InChI is InChI=1S/C24H21F3N4O2/c1-14-4-6-18(29-11-14)22-17(3-2-8-28-22)23(32)31-13-15-9-19(31)20(10-15)33-21-7-5-16(12-30-21)24(25,26)27/h2-8,11-12,15,19-20H,9-10,13H2,1H3/t15-,19+,20-/m1/s1. The second-order valence-corrected chi connectivity index (χ2v) is 8.52. The largest absolute Gasteiger partial charge is 0.472 e. The molecule has 0 spiro atoms. The third-order valence-corrected chi connectivity index (χ3v) is 6.21. The summed E-state index contributed by atoms with van der Waals surface area (Å²) >= 11 is 0. The lowest BCUT2D eigenvalue weighted by atomic mass is 10.0. The third-order valence-electron chi connectivity index (χ3n) is 6.21. The van der Waals surface area contributed by atoms with Crippen LogP contribution in [0.5, 0.6) is 5.88 Å². The summed E-state index contributed by atoms with van der Waals surface area (Å²) in [6, 6.07) is 9.23. The Morgan fingerprint density at radius 2 is 1.91 bits per heavy atom. The quantitative estimate of drug-likeness (QED) is 0.579. The number of alkyl halides is 3. The summed E-state index contributed by atoms with van der Waals surface area (Å²) < 4.78 is 44.3. The topological polar surface area (TPSA) is 68.2 Å². The predicted octanol–water partition coefficient (Wildman–Crippen LogP) is 4.55. The number of amides is 1. The van der Waals surface area contributed by atoms with Gasteiger partial charge in [-0.1, -0.05) is 6.07 Å². The van der Waals surface area contributed by atoms with Crippen LogP contribution in [0.15, 0.2) is 55.0 Å². The number of hydrogen-bond donors (Lipinski definition) is 0. The van der Waals surface area contributed by atoms with Crippen LogP contribution in [0.2, 0.25) is 0 Å². The maximum Gasteiger partial charge on any atom is 0.417 e. The van der Waals surface area contributed by atoms with Crippen LogP contribution < -0.4 is 4.74 Å². The number of hydrogen-bond acceptors (Lipinski definition) is 5. The molecule has 4 heterocycles. The van der Waals surface area contributed by atoms with Crippen LogP contribution in [0.25, 0.3) is 11.4 Å². The molecule has 9 heteroatoms. The molecule has 2 bridgehead atoms. The van der Waals surface area contributed by atoms with Gasteiger partial charge in [-0.25, -0.2) is 4.98 Å². The predicted molar refractivity (Wildman–Crippen MR) is 113 cm³/mol. The van der Waals surface area contributed by atoms with E-state index < -0.39 is 11.7 Å². The summed E-state index contributed by atoms with van der Waals surface area (Å²) in [7, 11) is 0. The Morgan fingerprint density at radius 1 is 1.06 bits per heavy atom. The van der Waals surface area contributed by atoms with E-state index in [4.69, 9.17) is 4.74 Å². The first kappa shape index (κ1) is 21.4. The summed E-state index contributed by atoms with van der Waals surface area (Å²) in [5.74, 6) is 0.247. The maximum absolute atomic E-state index is 13.5. The lowest BCUT2D eigenvalue weighted by molar-refractivity contribution is -0.137. The molecular weight excluding hydrogens is 433 g/mol. The van der Waals surface area contributed by atoms with Crippen LogP contribution in [0, 0.1) is 12.8 Å². The molecule has 1 saturated carbocycles. The summed E-state index contributed by atoms with van der Waals surface area (Å²) in [4.78, 5) is 27.9. The van der Waals surface area contributed by atoms with E-state index in [1.807, 2.05) is 19.1 Å². The van der Waals surface area contributed by atoms with E-state index in [0.717, 1.165) is 30.7 Å². The van der Waals surface area contributed by atoms with Gasteiger partial charge in [0, 0.05) is 31.2 Å². The Morgan fingerprint density at radius 3 is 2.58 bits per heavy atom. The maximum atomic E-state index is 13.5. The first-order valence-electron chi connectivity index (χ1n) is 10.7. The lowest BCUT2D eigenvalue weighted by Crippen LogP contribution is -2.47. The molecule has 3 aromatic rings. The normalized spacial score (nSPS) is 21.9. The van der Waals surface area contributed by atoms with Gasteiger partial charge in [-0.15, -0.1) is 0 Å². The van der Waals surface area contributed by atoms with Gasteiger partial charge >= 0.3 is 6.18 Å². The fraction of sp³-hybridized carbons (Fsp3) is 0.333. The van der Waals surface area contributed by atoms with Gasteiger partial charge in [0.1, 0.15) is 11.8 Å². The van der Waals surface area contributed by atoms with Gasteiger partial charge in [-0.2, -0.15) is 13.2 Å². The molecule has 1 aliphatic carbocycles. The molecule has 0 aromatic carbocycles. The molecule has 5 rings (SSSR count). The highest BCUT2D eigenvalue weighted by Gasteiger charge is 2.48. The molecule has 2 fully saturated rings. The van der Waals surface area contributed by atoms with Crippen molar-refractivity contribution >= 4 is 5.91 Å². The number of aryl methyl sites for hydroxylation is 1. The summed E-state index contributed by atoms with van der Waals surface area (Å²) in [6.45, 7) is 2.55. The number of aromatic nitrogens is 3. The van der Waals surface area contributed by atoms with Gasteiger partial charge in [0.05, 0.1) is 22.9 Å². The van der Waals surface area contributed by atoms with E-state index in [-0.39, 0.29) is 29.9 Å². The van der Waals surface area contributed by atoms with Crippen LogP contribution in [-0.2, 0) is 6.18 Å². The third kappa shape index (κ3) is 4.15. The van der Waals surface area contributed by atoms with Crippen LogP contribution in [0.3, 0.4) is 0 Å². The minimum Gasteiger partial charge on any atom is -0.472 e. The second-order valence-electron chi connectivity index (χ2n) is 8.52. The first-order valence-corrected chi connectivity index (χ1v) is 10.7. The zero-order valence-corrected chi connectivity index (χ0v) is 17.8. The van der Waals surface area contributed by atoms with Crippen molar-refractivity contribution in [3.05, 3.63) is 71.7 Å². The Balaban J connectivity index is 1.35. The van der Waals surface area contributed by atoms with Crippen molar-refractivity contribution in [2.45, 2.75) is 38.1 Å². The lowest BCUT2D eigenvalue weighted by Gasteiger charge is -2.33. The zero-order chi connectivity index (χ0) is 23.2. The monoisotopic (exact) mass is 454 g/mol. The molecule has 1 amide bonds. The number of nitrogens with zero attached hydrogens (tertiary/aromatic N) is 4. The Labute approximate surface area is 188 Å². The average molecular weight is 454 g/mol. The molecule has 3 aromatic heterocycles. The number of halogens is 3. The highest BCUT2D eigenvalue weighted by Crippen LogP contribution is 2.41. The van der Waals surface area contributed by atoms with Crippen molar-refractivity contribution in [1.29, 1.82) is 0 Å². The minimum atomic E-state index is -4.45. The molecule has 6 nitrogen and oxygen atoms in total. The van der Waals surface area contributed by atoms with Gasteiger partial charge < -0.3 is 9.64 Å². The van der Waals surface area contributed by atoms with E-state index in [2.05, 4.69) is 15.0 Å². The fourth-order valence-corrected chi connectivity index (χ4v) is 4.64. The molecular formula is C24H21F3N4O2. The van der Waals surface area contributed by atoms with Crippen LogP contribution >= 0.6 is 0 Å². The van der Waals surface area contributed by atoms with Crippen molar-refractivity contribution in [2.24, 2.45) is 5.92 Å². The summed E-state index contributed by atoms with van der Waals surface area (Å²) in [6.07, 6.45) is 0.876. The minimum absolute atomic E-state index is 0.124. The molecule has 170 valence electrons. The van der Waals surface area contributed by atoms with Gasteiger partial charge in [-0.3, -0.25) is 14.8 Å². The second kappa shape index (κ2) is 8.13. The van der Waals surface area contributed by atoms with Gasteiger partial charge in [0.2, 0.25) is 5.88 Å². The van der Waals surface area contributed by atoms with E-state index in [9.17, 15) is 18.0 Å². The average Bonchev–Trinajstić information content (AvgIpc) is 3.40. The van der Waals surface area contributed by atoms with Crippen molar-refractivity contribution in [1.82, 2.24) is 19.9 Å². The Hall–Kier alpha value is -3.49. The fourth-order valence-electron chi connectivity index (χ4n) is 4.64. The van der Waals surface area contributed by atoms with Crippen LogP contribution in [-0.4, -0.2) is 44.4 Å². The molecule has 0 unspecified atom stereocenters. The van der Waals surface area contributed by atoms with Gasteiger partial charge in [0.15, 0.2) is 0 Å². The van der Waals surface area contributed by atoms with Gasteiger partial charge in [0.25, 0.3) is 5.91 Å². The number of carbonyl (C=O) groups is 1. The summed E-state index contributed by atoms with van der Waals surface area (Å²) in [5.41, 5.74) is 1.79. The number of likely N-dealkylation sites (tertiary alicyclic amines) is 1. The van der Waals surface area contributed by atoms with E-state index in [1.54, 1.807) is 29.4 Å². The molecule has 3 atom stereocenters. The molecule has 0 N–H and O–H groups in total. The first-order chi connectivity index (χ1) is 15.8. The number of rotatable bonds is 4. The molecule has 0 radical (unpaired) electrons. The van der Waals surface area contributed by atoms with Crippen molar-refractivity contribution in [3.63, 3.8) is 0 Å². The highest BCUT2D eigenvalue weighted by atomic mass is 19.4. The summed E-state index contributed by atoms with van der Waals surface area (Å²) in [5, 5.41) is 0. The van der Waals surface area contributed by atoms with E-state index in [0.29, 0.717) is 23.5 Å². The van der Waals surface area contributed by atoms with Crippen LogP contribution in [0.1, 0.15) is 34.3 Å². The number of pyridine rings is 3. The van der Waals surface area contributed by atoms with Crippen molar-refractivity contribution in [2.75, 3.05) is 6.54 Å². The van der Waals surface area contributed by atoms with Crippen LogP contribution in [0.4, 0.5) is 13.2 Å². The number of piperidine rings is 1. The molecule has 1 aliphatic heterocycles. The zero-order valence-electron chi connectivity index (χ0n) is 17.8. The highest BCUT2D eigenvalue weighted by molar-refractivity contribution is 6.00. The van der Waals surface area contributed by atoms with Crippen molar-refractivity contribution in [3.8, 4) is 17.3 Å². The van der Waals surface area contributed by atoms with Gasteiger partial charge in [-0.05, 0) is 55.5 Å². The smallest absolute Gasteiger partial charge is 0.417 e. The SMILES string of the molecule is Cc1ccc(-c2ncccc2C(=O)N2C[C@H]3C[C@@H](Oc4ccc(C(F)(F)F)cn4)[C@@H]2C3)nc1. The Kier molecular flexibility index (Phi) is 5.26. The molecule has 33 heavy (non-hydrogen) atoms. The van der Waals surface area contributed by atoms with Crippen molar-refractivity contribution < 1.29 is 22.7 Å². The van der Waals surface area contributed by atoms with E-state index in [1.165, 1.54) is 6.07 Å². The Bertz CT molecular complexity index is 1170. The molecule has 2 aliphatic rings. The number of carbonyl (C=O) groups excluding carboxylic acids is 1. The van der Waals surface area contributed by atoms with E-state index >= 15 is 0 Å². The number of fused-ring (bicyclic) bond motifs is 2. The molecule has 1 saturated heterocycles.